The first-order valence-electron chi connectivity index (χ1n) is 15.3. The third-order valence-corrected chi connectivity index (χ3v) is 9.67. The Labute approximate surface area is 250 Å². The molecule has 2 bridgehead atoms. The second kappa shape index (κ2) is 12.3. The first-order valence-corrected chi connectivity index (χ1v) is 15.3. The van der Waals surface area contributed by atoms with Crippen molar-refractivity contribution in [2.45, 2.75) is 90.5 Å². The Morgan fingerprint density at radius 3 is 2.48 bits per heavy atom. The van der Waals surface area contributed by atoms with Gasteiger partial charge in [-0.2, -0.15) is 0 Å². The molecule has 3 saturated heterocycles. The van der Waals surface area contributed by atoms with E-state index in [4.69, 9.17) is 9.47 Å². The summed E-state index contributed by atoms with van der Waals surface area (Å²) in [6, 6.07) is 4.24. The van der Waals surface area contributed by atoms with Crippen LogP contribution in [0.15, 0.2) is 43.5 Å². The van der Waals surface area contributed by atoms with E-state index in [0.717, 1.165) is 16.8 Å². The molecule has 0 saturated carbocycles. The smallest absolute Gasteiger partial charge is 0.312 e. The van der Waals surface area contributed by atoms with Crippen LogP contribution in [0.2, 0.25) is 0 Å². The molecule has 230 valence electrons. The number of para-hydroxylation sites is 1. The van der Waals surface area contributed by atoms with Crippen molar-refractivity contribution in [2.24, 2.45) is 23.7 Å². The van der Waals surface area contributed by atoms with Crippen LogP contribution < -0.4 is 4.90 Å². The lowest BCUT2D eigenvalue weighted by molar-refractivity contribution is -0.162. The summed E-state index contributed by atoms with van der Waals surface area (Å²) in [5.41, 5.74) is 0.426. The number of unbranched alkanes of at least 4 members (excludes halogenated alkanes) is 1. The van der Waals surface area contributed by atoms with Crippen LogP contribution in [0, 0.1) is 37.5 Å². The third-order valence-electron chi connectivity index (χ3n) is 9.67. The normalized spacial score (nSPS) is 30.4. The van der Waals surface area contributed by atoms with Gasteiger partial charge in [-0.15, -0.1) is 13.2 Å². The fourth-order valence-electron chi connectivity index (χ4n) is 7.82. The minimum atomic E-state index is -1.23. The van der Waals surface area contributed by atoms with E-state index in [1.807, 2.05) is 59.7 Å². The minimum absolute atomic E-state index is 0.103. The average molecular weight is 581 g/mol. The van der Waals surface area contributed by atoms with E-state index >= 15 is 0 Å². The first-order chi connectivity index (χ1) is 19.9. The van der Waals surface area contributed by atoms with Crippen molar-refractivity contribution in [1.82, 2.24) is 4.90 Å². The van der Waals surface area contributed by atoms with Gasteiger partial charge in [0.15, 0.2) is 0 Å². The number of aryl methyl sites for hydroxylation is 2. The molecule has 3 aliphatic rings. The van der Waals surface area contributed by atoms with Crippen molar-refractivity contribution >= 4 is 23.5 Å². The highest BCUT2D eigenvalue weighted by molar-refractivity contribution is 6.05. The molecule has 1 aromatic carbocycles. The summed E-state index contributed by atoms with van der Waals surface area (Å²) in [4.78, 5) is 46.5. The Balaban J connectivity index is 1.86. The SMILES string of the molecule is C=CCCCOC(=O)[C@H]1[C@H]2C(=O)N([C@@H](CO)CC(C)C)C(C(=O)N(CC=C)c3c(C)cccc3C)C23CC(C)[C@]1(C)O3. The molecule has 4 rings (SSSR count). The number of ether oxygens (including phenoxy) is 2. The van der Waals surface area contributed by atoms with E-state index in [0.29, 0.717) is 25.7 Å². The van der Waals surface area contributed by atoms with Gasteiger partial charge in [-0.25, -0.2) is 0 Å². The number of hydrogen-bond donors (Lipinski definition) is 1. The van der Waals surface area contributed by atoms with E-state index in [-0.39, 0.29) is 43.4 Å². The number of esters is 1. The lowest BCUT2D eigenvalue weighted by atomic mass is 9.62. The van der Waals surface area contributed by atoms with Gasteiger partial charge in [0.2, 0.25) is 5.91 Å². The number of likely N-dealkylation sites (tertiary alicyclic amines) is 1. The summed E-state index contributed by atoms with van der Waals surface area (Å²) >= 11 is 0. The number of hydrogen-bond acceptors (Lipinski definition) is 6. The summed E-state index contributed by atoms with van der Waals surface area (Å²) in [6.07, 6.45) is 5.75. The molecule has 1 N–H and O–H groups in total. The number of fused-ring (bicyclic) bond motifs is 1. The van der Waals surface area contributed by atoms with Crippen LogP contribution >= 0.6 is 0 Å². The molecule has 2 amide bonds. The van der Waals surface area contributed by atoms with Crippen LogP contribution in [0.4, 0.5) is 5.69 Å². The summed E-state index contributed by atoms with van der Waals surface area (Å²) < 4.78 is 12.6. The zero-order valence-corrected chi connectivity index (χ0v) is 26.1. The topological polar surface area (TPSA) is 96.4 Å². The Kier molecular flexibility index (Phi) is 9.38. The number of allylic oxidation sites excluding steroid dienone is 1. The van der Waals surface area contributed by atoms with Crippen LogP contribution in [0.3, 0.4) is 0 Å². The van der Waals surface area contributed by atoms with E-state index < -0.39 is 41.1 Å². The van der Waals surface area contributed by atoms with Gasteiger partial charge in [0.1, 0.15) is 17.6 Å². The standard InChI is InChI=1S/C34H48N2O6/c1-9-11-12-17-41-32(40)27-26-30(38)36(25(20-37)18-21(3)4)29(34(26)19-24(7)33(27,8)42-34)31(39)35(16-10-2)28-22(5)14-13-15-23(28)6/h9-10,13-15,21,24-27,29,37H,1-2,11-12,16-20H2,3-8H3/t24?,25-,26+,27-,29?,33+,34?/m1/s1. The predicted molar refractivity (Wildman–Crippen MR) is 163 cm³/mol. The number of nitrogens with zero attached hydrogens (tertiary/aromatic N) is 2. The second-order valence-electron chi connectivity index (χ2n) is 13.0. The Hall–Kier alpha value is -2.97. The van der Waals surface area contributed by atoms with Crippen molar-refractivity contribution in [3.63, 3.8) is 0 Å². The fourth-order valence-corrected chi connectivity index (χ4v) is 7.82. The molecular weight excluding hydrogens is 532 g/mol. The number of amides is 2. The number of aliphatic hydroxyl groups is 1. The molecule has 0 radical (unpaired) electrons. The van der Waals surface area contributed by atoms with Crippen LogP contribution in [0.1, 0.15) is 64.5 Å². The second-order valence-corrected chi connectivity index (χ2v) is 13.0. The Morgan fingerprint density at radius 2 is 1.90 bits per heavy atom. The minimum Gasteiger partial charge on any atom is -0.465 e. The summed E-state index contributed by atoms with van der Waals surface area (Å²) in [5.74, 6) is -2.77. The van der Waals surface area contributed by atoms with Gasteiger partial charge in [0.05, 0.1) is 30.8 Å². The molecule has 7 atom stereocenters. The van der Waals surface area contributed by atoms with Gasteiger partial charge in [0.25, 0.3) is 5.91 Å². The van der Waals surface area contributed by atoms with Crippen molar-refractivity contribution in [3.8, 4) is 0 Å². The molecule has 0 aliphatic carbocycles. The molecule has 3 aliphatic heterocycles. The van der Waals surface area contributed by atoms with E-state index in [1.54, 1.807) is 22.0 Å². The highest BCUT2D eigenvalue weighted by Crippen LogP contribution is 2.66. The number of carbonyl (C=O) groups excluding carboxylic acids is 3. The largest absolute Gasteiger partial charge is 0.465 e. The van der Waals surface area contributed by atoms with Gasteiger partial charge in [-0.05, 0) is 69.4 Å². The van der Waals surface area contributed by atoms with Crippen LogP contribution in [-0.4, -0.2) is 70.8 Å². The van der Waals surface area contributed by atoms with E-state index in [2.05, 4.69) is 13.2 Å². The van der Waals surface area contributed by atoms with Crippen molar-refractivity contribution in [2.75, 3.05) is 24.7 Å². The highest BCUT2D eigenvalue weighted by Gasteiger charge is 2.80. The van der Waals surface area contributed by atoms with E-state index in [1.165, 1.54) is 0 Å². The summed E-state index contributed by atoms with van der Waals surface area (Å²) in [5, 5.41) is 10.6. The van der Waals surface area contributed by atoms with Crippen molar-refractivity contribution in [3.05, 3.63) is 54.6 Å². The molecule has 1 spiro atoms. The Bertz CT molecular complexity index is 1210. The summed E-state index contributed by atoms with van der Waals surface area (Å²) in [6.45, 7) is 19.7. The number of carbonyl (C=O) groups is 3. The van der Waals surface area contributed by atoms with Crippen molar-refractivity contribution in [1.29, 1.82) is 0 Å². The lowest BCUT2D eigenvalue weighted by Gasteiger charge is -2.40. The van der Waals surface area contributed by atoms with Gasteiger partial charge in [-0.1, -0.05) is 51.1 Å². The monoisotopic (exact) mass is 580 g/mol. The van der Waals surface area contributed by atoms with Gasteiger partial charge in [0, 0.05) is 12.2 Å². The molecule has 8 heteroatoms. The molecule has 3 unspecified atom stereocenters. The predicted octanol–water partition coefficient (Wildman–Crippen LogP) is 4.75. The average Bonchev–Trinajstić information content (AvgIpc) is 3.45. The van der Waals surface area contributed by atoms with Gasteiger partial charge >= 0.3 is 5.97 Å². The van der Waals surface area contributed by atoms with Gasteiger partial charge in [-0.3, -0.25) is 14.4 Å². The zero-order chi connectivity index (χ0) is 31.0. The number of benzene rings is 1. The maximum Gasteiger partial charge on any atom is 0.312 e. The highest BCUT2D eigenvalue weighted by atomic mass is 16.6. The number of rotatable bonds is 13. The Morgan fingerprint density at radius 1 is 1.24 bits per heavy atom. The first kappa shape index (κ1) is 32.0. The van der Waals surface area contributed by atoms with Crippen LogP contribution in [-0.2, 0) is 23.9 Å². The lowest BCUT2D eigenvalue weighted by Crippen LogP contribution is -2.59. The zero-order valence-electron chi connectivity index (χ0n) is 26.1. The molecule has 0 aromatic heterocycles. The number of aliphatic hydroxyl groups excluding tert-OH is 1. The fraction of sp³-hybridized carbons (Fsp3) is 0.618. The van der Waals surface area contributed by atoms with Crippen molar-refractivity contribution < 1.29 is 29.0 Å². The van der Waals surface area contributed by atoms with Gasteiger partial charge < -0.3 is 24.4 Å². The maximum absolute atomic E-state index is 15.0. The molecule has 42 heavy (non-hydrogen) atoms. The summed E-state index contributed by atoms with van der Waals surface area (Å²) in [7, 11) is 0. The molecular formula is C34H48N2O6. The molecule has 8 nitrogen and oxygen atoms in total. The molecule has 3 fully saturated rings. The van der Waals surface area contributed by atoms with Crippen LogP contribution in [0.25, 0.3) is 0 Å². The quantitative estimate of drug-likeness (QED) is 0.206. The van der Waals surface area contributed by atoms with E-state index in [9.17, 15) is 19.5 Å². The molecule has 1 aromatic rings. The van der Waals surface area contributed by atoms with Crippen LogP contribution in [0.5, 0.6) is 0 Å². The third kappa shape index (κ3) is 5.11. The molecule has 3 heterocycles. The number of anilines is 1. The maximum atomic E-state index is 15.0.